The molecular formula is C10H14F3NO3. The van der Waals surface area contributed by atoms with Gasteiger partial charge in [0.1, 0.15) is 0 Å². The summed E-state index contributed by atoms with van der Waals surface area (Å²) in [5, 5.41) is 8.39. The predicted octanol–water partition coefficient (Wildman–Crippen LogP) is 1.65. The van der Waals surface area contributed by atoms with E-state index in [-0.39, 0.29) is 32.4 Å². The van der Waals surface area contributed by atoms with E-state index in [0.717, 1.165) is 4.90 Å². The second kappa shape index (κ2) is 5.37. The minimum atomic E-state index is -4.29. The summed E-state index contributed by atoms with van der Waals surface area (Å²) in [6, 6.07) is 0. The average molecular weight is 253 g/mol. The van der Waals surface area contributed by atoms with Crippen molar-refractivity contribution in [2.45, 2.75) is 31.9 Å². The molecule has 0 aromatic carbocycles. The Morgan fingerprint density at radius 1 is 1.29 bits per heavy atom. The Morgan fingerprint density at radius 3 is 2.47 bits per heavy atom. The number of carbonyl (C=O) groups is 2. The molecule has 0 bridgehead atoms. The number of aliphatic carboxylic acids is 1. The lowest BCUT2D eigenvalue weighted by molar-refractivity contribution is -0.188. The first-order chi connectivity index (χ1) is 7.80. The first-order valence-corrected chi connectivity index (χ1v) is 5.37. The molecule has 4 nitrogen and oxygen atoms in total. The topological polar surface area (TPSA) is 57.6 Å². The average Bonchev–Trinajstić information content (AvgIpc) is 2.25. The Balaban J connectivity index is 2.49. The van der Waals surface area contributed by atoms with Crippen LogP contribution in [0.2, 0.25) is 0 Å². The molecule has 1 heterocycles. The second-order valence-corrected chi connectivity index (χ2v) is 4.11. The van der Waals surface area contributed by atoms with Crippen LogP contribution < -0.4 is 0 Å². The van der Waals surface area contributed by atoms with Gasteiger partial charge in [0.2, 0.25) is 5.91 Å². The van der Waals surface area contributed by atoms with Crippen molar-refractivity contribution in [3.05, 3.63) is 0 Å². The minimum Gasteiger partial charge on any atom is -0.481 e. The molecule has 1 N–H and O–H groups in total. The first-order valence-electron chi connectivity index (χ1n) is 5.37. The predicted molar refractivity (Wildman–Crippen MR) is 52.2 cm³/mol. The quantitative estimate of drug-likeness (QED) is 0.832. The molecule has 98 valence electrons. The highest BCUT2D eigenvalue weighted by atomic mass is 19.4. The van der Waals surface area contributed by atoms with Gasteiger partial charge in [0.05, 0.1) is 12.3 Å². The van der Waals surface area contributed by atoms with Gasteiger partial charge in [-0.3, -0.25) is 9.59 Å². The zero-order valence-electron chi connectivity index (χ0n) is 9.16. The summed E-state index contributed by atoms with van der Waals surface area (Å²) in [6.07, 6.45) is -4.52. The number of carboxylic acid groups (broad SMARTS) is 1. The molecule has 1 atom stereocenters. The van der Waals surface area contributed by atoms with Crippen molar-refractivity contribution in [3.63, 3.8) is 0 Å². The minimum absolute atomic E-state index is 0.0339. The zero-order chi connectivity index (χ0) is 13.1. The van der Waals surface area contributed by atoms with Gasteiger partial charge < -0.3 is 10.0 Å². The molecule has 0 aromatic heterocycles. The molecule has 0 unspecified atom stereocenters. The number of carbonyl (C=O) groups excluding carboxylic acids is 1. The normalized spacial score (nSPS) is 21.4. The standard InChI is InChI=1S/C10H14F3NO3/c11-10(12,13)7-2-1-5-14(6-7)8(15)3-4-9(16)17/h7H,1-6H2,(H,16,17)/t7-/m0/s1. The van der Waals surface area contributed by atoms with Gasteiger partial charge in [-0.25, -0.2) is 0 Å². The molecule has 1 fully saturated rings. The van der Waals surface area contributed by atoms with Gasteiger partial charge in [0.25, 0.3) is 0 Å². The van der Waals surface area contributed by atoms with Gasteiger partial charge in [-0.2, -0.15) is 13.2 Å². The number of likely N-dealkylation sites (tertiary alicyclic amines) is 1. The van der Waals surface area contributed by atoms with Crippen LogP contribution in [0, 0.1) is 5.92 Å². The van der Waals surface area contributed by atoms with Crippen molar-refractivity contribution in [3.8, 4) is 0 Å². The highest BCUT2D eigenvalue weighted by Crippen LogP contribution is 2.33. The van der Waals surface area contributed by atoms with Crippen LogP contribution in [0.5, 0.6) is 0 Å². The van der Waals surface area contributed by atoms with Crippen LogP contribution in [0.3, 0.4) is 0 Å². The smallest absolute Gasteiger partial charge is 0.393 e. The van der Waals surface area contributed by atoms with Crippen molar-refractivity contribution in [2.24, 2.45) is 5.92 Å². The zero-order valence-corrected chi connectivity index (χ0v) is 9.16. The van der Waals surface area contributed by atoms with Gasteiger partial charge >= 0.3 is 12.1 Å². The van der Waals surface area contributed by atoms with Crippen molar-refractivity contribution in [1.82, 2.24) is 4.90 Å². The van der Waals surface area contributed by atoms with E-state index in [1.807, 2.05) is 0 Å². The maximum atomic E-state index is 12.5. The van der Waals surface area contributed by atoms with Gasteiger partial charge in [0.15, 0.2) is 0 Å². The third kappa shape index (κ3) is 4.24. The second-order valence-electron chi connectivity index (χ2n) is 4.11. The Morgan fingerprint density at radius 2 is 1.94 bits per heavy atom. The molecule has 1 aliphatic rings. The molecule has 1 rings (SSSR count). The molecular weight excluding hydrogens is 239 g/mol. The van der Waals surface area contributed by atoms with Crippen LogP contribution in [-0.2, 0) is 9.59 Å². The molecule has 7 heteroatoms. The Kier molecular flexibility index (Phi) is 4.36. The van der Waals surface area contributed by atoms with Crippen LogP contribution in [0.4, 0.5) is 13.2 Å². The van der Waals surface area contributed by atoms with E-state index in [0.29, 0.717) is 6.42 Å². The number of carboxylic acids is 1. The monoisotopic (exact) mass is 253 g/mol. The molecule has 0 aliphatic carbocycles. The number of rotatable bonds is 3. The summed E-state index contributed by atoms with van der Waals surface area (Å²) in [5.74, 6) is -3.12. The lowest BCUT2D eigenvalue weighted by Gasteiger charge is -2.33. The SMILES string of the molecule is O=C(O)CCC(=O)N1CCC[C@H](C(F)(F)F)C1. The summed E-state index contributed by atoms with van der Waals surface area (Å²) in [5.41, 5.74) is 0. The number of piperidine rings is 1. The number of nitrogens with zero attached hydrogens (tertiary/aromatic N) is 1. The fraction of sp³-hybridized carbons (Fsp3) is 0.800. The largest absolute Gasteiger partial charge is 0.481 e. The maximum Gasteiger partial charge on any atom is 0.393 e. The first kappa shape index (κ1) is 13.8. The third-order valence-electron chi connectivity index (χ3n) is 2.79. The van der Waals surface area contributed by atoms with Crippen molar-refractivity contribution in [1.29, 1.82) is 0 Å². The lowest BCUT2D eigenvalue weighted by Crippen LogP contribution is -2.44. The Labute approximate surface area is 96.4 Å². The van der Waals surface area contributed by atoms with E-state index >= 15 is 0 Å². The molecule has 0 radical (unpaired) electrons. The summed E-state index contributed by atoms with van der Waals surface area (Å²) in [4.78, 5) is 22.8. The molecule has 1 saturated heterocycles. The van der Waals surface area contributed by atoms with E-state index < -0.39 is 24.0 Å². The van der Waals surface area contributed by atoms with Crippen molar-refractivity contribution >= 4 is 11.9 Å². The highest BCUT2D eigenvalue weighted by molar-refractivity contribution is 5.80. The van der Waals surface area contributed by atoms with Gasteiger partial charge in [-0.05, 0) is 12.8 Å². The van der Waals surface area contributed by atoms with Gasteiger partial charge in [-0.1, -0.05) is 0 Å². The number of hydrogen-bond donors (Lipinski definition) is 1. The van der Waals surface area contributed by atoms with Crippen LogP contribution in [-0.4, -0.2) is 41.1 Å². The lowest BCUT2D eigenvalue weighted by atomic mass is 9.97. The number of alkyl halides is 3. The third-order valence-corrected chi connectivity index (χ3v) is 2.79. The van der Waals surface area contributed by atoms with Crippen molar-refractivity contribution in [2.75, 3.05) is 13.1 Å². The summed E-state index contributed by atoms with van der Waals surface area (Å²) in [7, 11) is 0. The van der Waals surface area contributed by atoms with Crippen LogP contribution in [0.25, 0.3) is 0 Å². The van der Waals surface area contributed by atoms with E-state index in [4.69, 9.17) is 5.11 Å². The van der Waals surface area contributed by atoms with Crippen LogP contribution >= 0.6 is 0 Å². The molecule has 1 aliphatic heterocycles. The van der Waals surface area contributed by atoms with Crippen LogP contribution in [0.1, 0.15) is 25.7 Å². The van der Waals surface area contributed by atoms with Gasteiger partial charge in [0, 0.05) is 19.5 Å². The number of amides is 1. The maximum absolute atomic E-state index is 12.5. The molecule has 0 spiro atoms. The van der Waals surface area contributed by atoms with Crippen molar-refractivity contribution < 1.29 is 27.9 Å². The fourth-order valence-corrected chi connectivity index (χ4v) is 1.84. The van der Waals surface area contributed by atoms with Gasteiger partial charge in [-0.15, -0.1) is 0 Å². The van der Waals surface area contributed by atoms with E-state index in [1.54, 1.807) is 0 Å². The Bertz CT molecular complexity index is 304. The Hall–Kier alpha value is -1.27. The number of halogens is 3. The fourth-order valence-electron chi connectivity index (χ4n) is 1.84. The molecule has 17 heavy (non-hydrogen) atoms. The summed E-state index contributed by atoms with van der Waals surface area (Å²) in [6.45, 7) is -0.0625. The van der Waals surface area contributed by atoms with Crippen LogP contribution in [0.15, 0.2) is 0 Å². The van der Waals surface area contributed by atoms with E-state index in [9.17, 15) is 22.8 Å². The molecule has 1 amide bonds. The summed E-state index contributed by atoms with van der Waals surface area (Å²) < 4.78 is 37.4. The molecule has 0 saturated carbocycles. The van der Waals surface area contributed by atoms with E-state index in [1.165, 1.54) is 0 Å². The summed E-state index contributed by atoms with van der Waals surface area (Å²) >= 11 is 0. The number of hydrogen-bond acceptors (Lipinski definition) is 2. The highest BCUT2D eigenvalue weighted by Gasteiger charge is 2.42. The van der Waals surface area contributed by atoms with E-state index in [2.05, 4.69) is 0 Å². The molecule has 0 aromatic rings.